The molecule has 0 aliphatic heterocycles. The summed E-state index contributed by atoms with van der Waals surface area (Å²) < 4.78 is 0. The van der Waals surface area contributed by atoms with E-state index in [0.29, 0.717) is 10.00 Å². The maximum absolute atomic E-state index is 8.37. The Kier molecular flexibility index (Phi) is 0.906. The molecule has 0 radical (unpaired) electrons. The van der Waals surface area contributed by atoms with Crippen LogP contribution in [-0.2, 0) is 0 Å². The molecule has 0 spiro atoms. The van der Waals surface area contributed by atoms with Gasteiger partial charge in [0.2, 0.25) is 0 Å². The molecule has 1 N–H and O–H groups in total. The molecular formula is C3H3ClN2O. The second-order valence-electron chi connectivity index (χ2n) is 1.06. The van der Waals surface area contributed by atoms with E-state index in [2.05, 4.69) is 5.10 Å². The third kappa shape index (κ3) is 0.838. The molecule has 0 saturated heterocycles. The van der Waals surface area contributed by atoms with Gasteiger partial charge in [0, 0.05) is 0 Å². The maximum Gasteiger partial charge on any atom is 0.154 e. The smallest absolute Gasteiger partial charge is 0.154 e. The van der Waals surface area contributed by atoms with Crippen molar-refractivity contribution in [2.75, 3.05) is 0 Å². The Morgan fingerprint density at radius 3 is 2.71 bits per heavy atom. The Hall–Kier alpha value is -0.700. The Labute approximate surface area is 45.1 Å². The molecule has 1 aromatic rings. The lowest BCUT2D eigenvalue weighted by molar-refractivity contribution is 0.149. The second-order valence-corrected chi connectivity index (χ2v) is 1.45. The fraction of sp³-hybridized carbons (Fsp3) is 0. The quantitative estimate of drug-likeness (QED) is 0.511. The Bertz CT molecular complexity index is 145. The third-order valence-corrected chi connectivity index (χ3v) is 0.745. The highest BCUT2D eigenvalue weighted by molar-refractivity contribution is 6.29. The average Bonchev–Trinajstić information content (AvgIpc) is 1.87. The lowest BCUT2D eigenvalue weighted by Gasteiger charge is -1.78. The van der Waals surface area contributed by atoms with Gasteiger partial charge >= 0.3 is 0 Å². The lowest BCUT2D eigenvalue weighted by atomic mass is 10.8. The molecule has 1 rings (SSSR count). The molecule has 3 nitrogen and oxygen atoms in total. The topological polar surface area (TPSA) is 38.0 Å². The van der Waals surface area contributed by atoms with E-state index in [4.69, 9.17) is 16.8 Å². The van der Waals surface area contributed by atoms with Crippen molar-refractivity contribution >= 4 is 11.6 Å². The van der Waals surface area contributed by atoms with Gasteiger partial charge < -0.3 is 5.21 Å². The Morgan fingerprint density at radius 1 is 1.86 bits per heavy atom. The summed E-state index contributed by atoms with van der Waals surface area (Å²) in [6, 6.07) is 1.49. The van der Waals surface area contributed by atoms with Gasteiger partial charge in [-0.25, -0.2) is 0 Å². The van der Waals surface area contributed by atoms with Gasteiger partial charge in [-0.3, -0.25) is 0 Å². The minimum absolute atomic E-state index is 0.294. The van der Waals surface area contributed by atoms with Crippen molar-refractivity contribution in [2.45, 2.75) is 0 Å². The van der Waals surface area contributed by atoms with Gasteiger partial charge in [0.15, 0.2) is 5.15 Å². The summed E-state index contributed by atoms with van der Waals surface area (Å²) in [7, 11) is 0. The molecule has 0 aromatic carbocycles. The van der Waals surface area contributed by atoms with E-state index in [0.717, 1.165) is 0 Å². The van der Waals surface area contributed by atoms with Gasteiger partial charge in [0.25, 0.3) is 0 Å². The minimum atomic E-state index is 0.294. The highest BCUT2D eigenvalue weighted by Crippen LogP contribution is 1.99. The Balaban J connectivity index is 3.04. The predicted octanol–water partition coefficient (Wildman–Crippen LogP) is 0.774. The Morgan fingerprint density at radius 2 is 2.57 bits per heavy atom. The van der Waals surface area contributed by atoms with Crippen LogP contribution in [0.3, 0.4) is 0 Å². The van der Waals surface area contributed by atoms with Crippen molar-refractivity contribution in [1.29, 1.82) is 0 Å². The van der Waals surface area contributed by atoms with E-state index >= 15 is 0 Å². The molecule has 1 aromatic heterocycles. The zero-order valence-corrected chi connectivity index (χ0v) is 4.13. The van der Waals surface area contributed by atoms with Gasteiger partial charge in [0.1, 0.15) is 0 Å². The number of rotatable bonds is 0. The van der Waals surface area contributed by atoms with Crippen molar-refractivity contribution < 1.29 is 5.21 Å². The molecule has 0 unspecified atom stereocenters. The standard InChI is InChI=1S/C3H3ClN2O/c4-3-1-2-6(7)5-3/h1-2,7H. The fourth-order valence-electron chi connectivity index (χ4n) is 0.293. The van der Waals surface area contributed by atoms with Gasteiger partial charge in [-0.2, -0.15) is 0 Å². The van der Waals surface area contributed by atoms with Crippen LogP contribution >= 0.6 is 11.6 Å². The molecule has 0 saturated carbocycles. The molecule has 0 bridgehead atoms. The molecule has 4 heteroatoms. The van der Waals surface area contributed by atoms with Crippen LogP contribution in [0.2, 0.25) is 5.15 Å². The van der Waals surface area contributed by atoms with E-state index in [1.54, 1.807) is 0 Å². The van der Waals surface area contributed by atoms with Crippen LogP contribution in [0.25, 0.3) is 0 Å². The summed E-state index contributed by atoms with van der Waals surface area (Å²) in [5.74, 6) is 0. The first kappa shape index (κ1) is 4.46. The van der Waals surface area contributed by atoms with Crippen LogP contribution in [0.15, 0.2) is 12.3 Å². The molecule has 7 heavy (non-hydrogen) atoms. The number of hydrogen-bond donors (Lipinski definition) is 1. The first-order valence-electron chi connectivity index (χ1n) is 1.69. The van der Waals surface area contributed by atoms with E-state index < -0.39 is 0 Å². The van der Waals surface area contributed by atoms with Crippen LogP contribution in [0.5, 0.6) is 0 Å². The maximum atomic E-state index is 8.37. The summed E-state index contributed by atoms with van der Waals surface area (Å²) in [4.78, 5) is 0.655. The van der Waals surface area contributed by atoms with Crippen LogP contribution in [0.4, 0.5) is 0 Å². The van der Waals surface area contributed by atoms with Gasteiger partial charge in [0.05, 0.1) is 6.20 Å². The molecule has 0 fully saturated rings. The highest BCUT2D eigenvalue weighted by atomic mass is 35.5. The normalized spacial score (nSPS) is 9.29. The van der Waals surface area contributed by atoms with Crippen molar-refractivity contribution in [3.8, 4) is 0 Å². The van der Waals surface area contributed by atoms with Crippen molar-refractivity contribution in [3.63, 3.8) is 0 Å². The van der Waals surface area contributed by atoms with Gasteiger partial charge in [-0.05, 0) is 6.07 Å². The second kappa shape index (κ2) is 1.42. The highest BCUT2D eigenvalue weighted by Gasteiger charge is 1.86. The molecule has 0 aliphatic rings. The molecule has 38 valence electrons. The van der Waals surface area contributed by atoms with E-state index in [-0.39, 0.29) is 0 Å². The molecule has 0 aliphatic carbocycles. The van der Waals surface area contributed by atoms with Crippen molar-refractivity contribution in [2.24, 2.45) is 0 Å². The lowest BCUT2D eigenvalue weighted by Crippen LogP contribution is -1.87. The van der Waals surface area contributed by atoms with Gasteiger partial charge in [-0.15, -0.1) is 9.94 Å². The SMILES string of the molecule is On1ccc(Cl)n1. The predicted molar refractivity (Wildman–Crippen MR) is 24.4 cm³/mol. The first-order valence-corrected chi connectivity index (χ1v) is 2.07. The monoisotopic (exact) mass is 118 g/mol. The number of aromatic nitrogens is 2. The largest absolute Gasteiger partial charge is 0.412 e. The summed E-state index contributed by atoms with van der Waals surface area (Å²) in [6.45, 7) is 0. The summed E-state index contributed by atoms with van der Waals surface area (Å²) >= 11 is 5.27. The zero-order chi connectivity index (χ0) is 5.28. The fourth-order valence-corrected chi connectivity index (χ4v) is 0.427. The molecule has 1 heterocycles. The van der Waals surface area contributed by atoms with E-state index in [9.17, 15) is 0 Å². The minimum Gasteiger partial charge on any atom is -0.412 e. The van der Waals surface area contributed by atoms with Crippen LogP contribution in [0.1, 0.15) is 0 Å². The van der Waals surface area contributed by atoms with Crippen LogP contribution < -0.4 is 0 Å². The summed E-state index contributed by atoms with van der Waals surface area (Å²) in [5, 5.41) is 12.0. The third-order valence-electron chi connectivity index (χ3n) is 0.543. The van der Waals surface area contributed by atoms with Gasteiger partial charge in [-0.1, -0.05) is 11.6 Å². The number of halogens is 1. The number of hydrogen-bond acceptors (Lipinski definition) is 2. The van der Waals surface area contributed by atoms with E-state index in [1.807, 2.05) is 0 Å². The summed E-state index contributed by atoms with van der Waals surface area (Å²) in [6.07, 6.45) is 1.35. The summed E-state index contributed by atoms with van der Waals surface area (Å²) in [5.41, 5.74) is 0. The van der Waals surface area contributed by atoms with Crippen LogP contribution in [-0.4, -0.2) is 15.2 Å². The van der Waals surface area contributed by atoms with Crippen molar-refractivity contribution in [1.82, 2.24) is 9.94 Å². The first-order chi connectivity index (χ1) is 3.29. The van der Waals surface area contributed by atoms with Crippen LogP contribution in [0, 0.1) is 0 Å². The number of nitrogens with zero attached hydrogens (tertiary/aromatic N) is 2. The molecular weight excluding hydrogens is 115 g/mol. The molecule has 0 amide bonds. The zero-order valence-electron chi connectivity index (χ0n) is 3.37. The average molecular weight is 119 g/mol. The van der Waals surface area contributed by atoms with Crippen molar-refractivity contribution in [3.05, 3.63) is 17.4 Å². The molecule has 0 atom stereocenters. The van der Waals surface area contributed by atoms with E-state index in [1.165, 1.54) is 12.3 Å².